The summed E-state index contributed by atoms with van der Waals surface area (Å²) in [7, 11) is 5.46. The van der Waals surface area contributed by atoms with Gasteiger partial charge in [-0.05, 0) is 42.3 Å². The van der Waals surface area contributed by atoms with E-state index in [4.69, 9.17) is 7.85 Å². The number of halogens is 3. The molecule has 118 valence electrons. The summed E-state index contributed by atoms with van der Waals surface area (Å²) in [6.07, 6.45) is -4.41. The Bertz CT molecular complexity index is 718. The van der Waals surface area contributed by atoms with Crippen LogP contribution in [0.3, 0.4) is 0 Å². The van der Waals surface area contributed by atoms with Crippen LogP contribution in [0.5, 0.6) is 5.75 Å². The van der Waals surface area contributed by atoms with Crippen molar-refractivity contribution in [1.82, 2.24) is 10.3 Å². The van der Waals surface area contributed by atoms with Gasteiger partial charge in [0.2, 0.25) is 0 Å². The normalized spacial score (nSPS) is 12.7. The third-order valence-corrected chi connectivity index (χ3v) is 3.20. The summed E-state index contributed by atoms with van der Waals surface area (Å²) in [6.45, 7) is 1.60. The van der Waals surface area contributed by atoms with Crippen LogP contribution in [-0.2, 0) is 6.18 Å². The molecule has 2 aromatic rings. The molecule has 1 aromatic carbocycles. The molecular formula is C15H12BF3N2O2. The van der Waals surface area contributed by atoms with Gasteiger partial charge in [-0.25, -0.2) is 0 Å². The minimum atomic E-state index is -4.41. The third kappa shape index (κ3) is 4.03. The smallest absolute Gasteiger partial charge is 0.416 e. The first-order valence-electron chi connectivity index (χ1n) is 6.62. The maximum atomic E-state index is 12.5. The Morgan fingerprint density at radius 2 is 1.83 bits per heavy atom. The van der Waals surface area contributed by atoms with Crippen molar-refractivity contribution in [3.05, 3.63) is 53.2 Å². The topological polar surface area (TPSA) is 62.2 Å². The lowest BCUT2D eigenvalue weighted by molar-refractivity contribution is -0.137. The molecule has 2 radical (unpaired) electrons. The number of benzene rings is 1. The van der Waals surface area contributed by atoms with Crippen molar-refractivity contribution in [2.45, 2.75) is 19.1 Å². The fourth-order valence-electron chi connectivity index (χ4n) is 1.94. The van der Waals surface area contributed by atoms with Gasteiger partial charge in [0.25, 0.3) is 5.91 Å². The zero-order chi connectivity index (χ0) is 17.2. The van der Waals surface area contributed by atoms with Crippen LogP contribution in [-0.4, -0.2) is 23.8 Å². The van der Waals surface area contributed by atoms with Crippen molar-refractivity contribution in [3.8, 4) is 5.75 Å². The molecule has 0 aliphatic heterocycles. The van der Waals surface area contributed by atoms with Crippen molar-refractivity contribution in [3.63, 3.8) is 0 Å². The van der Waals surface area contributed by atoms with Crippen LogP contribution in [0.4, 0.5) is 13.2 Å². The van der Waals surface area contributed by atoms with Gasteiger partial charge in [-0.3, -0.25) is 9.78 Å². The lowest BCUT2D eigenvalue weighted by Crippen LogP contribution is -2.29. The average Bonchev–Trinajstić information content (AvgIpc) is 2.48. The van der Waals surface area contributed by atoms with Crippen molar-refractivity contribution in [2.24, 2.45) is 0 Å². The minimum absolute atomic E-state index is 0.0649. The monoisotopic (exact) mass is 320 g/mol. The van der Waals surface area contributed by atoms with Gasteiger partial charge in [-0.1, -0.05) is 12.1 Å². The first kappa shape index (κ1) is 16.9. The van der Waals surface area contributed by atoms with Gasteiger partial charge in [0.05, 0.1) is 11.6 Å². The second kappa shape index (κ2) is 6.32. The molecule has 1 amide bonds. The zero-order valence-electron chi connectivity index (χ0n) is 12.1. The second-order valence-corrected chi connectivity index (χ2v) is 4.92. The molecule has 0 bridgehead atoms. The van der Waals surface area contributed by atoms with Gasteiger partial charge in [0.15, 0.2) is 5.69 Å². The summed E-state index contributed by atoms with van der Waals surface area (Å²) in [4.78, 5) is 15.8. The van der Waals surface area contributed by atoms with Crippen molar-refractivity contribution < 1.29 is 23.1 Å². The SMILES string of the molecule is [B]c1ccc(O)c(C(=O)NC(C)c2ccc(C(F)(F)F)cc2)n1. The summed E-state index contributed by atoms with van der Waals surface area (Å²) in [5.41, 5.74) is -0.469. The van der Waals surface area contributed by atoms with Crippen LogP contribution in [0.25, 0.3) is 0 Å². The highest BCUT2D eigenvalue weighted by Gasteiger charge is 2.30. The number of rotatable bonds is 3. The molecule has 1 atom stereocenters. The number of hydrogen-bond acceptors (Lipinski definition) is 3. The Labute approximate surface area is 131 Å². The molecule has 0 spiro atoms. The van der Waals surface area contributed by atoms with Gasteiger partial charge in [0, 0.05) is 0 Å². The van der Waals surface area contributed by atoms with E-state index < -0.39 is 23.7 Å². The average molecular weight is 320 g/mol. The molecule has 2 rings (SSSR count). The van der Waals surface area contributed by atoms with E-state index in [2.05, 4.69) is 10.3 Å². The summed E-state index contributed by atoms with van der Waals surface area (Å²) in [5, 5.41) is 12.2. The number of amides is 1. The van der Waals surface area contributed by atoms with E-state index in [9.17, 15) is 23.1 Å². The van der Waals surface area contributed by atoms with E-state index in [-0.39, 0.29) is 17.0 Å². The third-order valence-electron chi connectivity index (χ3n) is 3.20. The number of nitrogens with one attached hydrogen (secondary N) is 1. The molecule has 0 saturated carbocycles. The molecule has 1 heterocycles. The lowest BCUT2D eigenvalue weighted by Gasteiger charge is -2.16. The Kier molecular flexibility index (Phi) is 4.63. The van der Waals surface area contributed by atoms with Crippen LogP contribution in [0, 0.1) is 0 Å². The summed E-state index contributed by atoms with van der Waals surface area (Å²) >= 11 is 0. The molecule has 0 aliphatic rings. The fraction of sp³-hybridized carbons (Fsp3) is 0.200. The first-order chi connectivity index (χ1) is 10.7. The molecular weight excluding hydrogens is 308 g/mol. The summed E-state index contributed by atoms with van der Waals surface area (Å²) < 4.78 is 37.6. The van der Waals surface area contributed by atoms with Crippen LogP contribution >= 0.6 is 0 Å². The van der Waals surface area contributed by atoms with Crippen LogP contribution < -0.4 is 10.9 Å². The van der Waals surface area contributed by atoms with E-state index >= 15 is 0 Å². The molecule has 23 heavy (non-hydrogen) atoms. The number of aromatic hydroxyl groups is 1. The van der Waals surface area contributed by atoms with Gasteiger partial charge in [-0.2, -0.15) is 13.2 Å². The Hall–Kier alpha value is -2.51. The van der Waals surface area contributed by atoms with E-state index in [1.54, 1.807) is 6.92 Å². The summed E-state index contributed by atoms with van der Waals surface area (Å²) in [5.74, 6) is -1.02. The number of alkyl halides is 3. The highest BCUT2D eigenvalue weighted by molar-refractivity contribution is 6.30. The molecule has 8 heteroatoms. The second-order valence-electron chi connectivity index (χ2n) is 4.92. The minimum Gasteiger partial charge on any atom is -0.505 e. The maximum Gasteiger partial charge on any atom is 0.416 e. The molecule has 0 saturated heterocycles. The predicted octanol–water partition coefficient (Wildman–Crippen LogP) is 2.09. The lowest BCUT2D eigenvalue weighted by atomic mass is 10.0. The van der Waals surface area contributed by atoms with E-state index in [0.29, 0.717) is 5.56 Å². The quantitative estimate of drug-likeness (QED) is 0.852. The Morgan fingerprint density at radius 3 is 2.39 bits per heavy atom. The molecule has 2 N–H and O–H groups in total. The Morgan fingerprint density at radius 1 is 1.22 bits per heavy atom. The highest BCUT2D eigenvalue weighted by Crippen LogP contribution is 2.29. The summed E-state index contributed by atoms with van der Waals surface area (Å²) in [6, 6.07) is 6.43. The van der Waals surface area contributed by atoms with Gasteiger partial charge >= 0.3 is 6.18 Å². The molecule has 4 nitrogen and oxygen atoms in total. The largest absolute Gasteiger partial charge is 0.505 e. The standard InChI is InChI=1S/C15H12BF3N2O2/c1-8(9-2-4-10(5-3-9)15(17,18)19)20-14(23)13-11(22)6-7-12(16)21-13/h2-8,22H,1H3,(H,20,23). The van der Waals surface area contributed by atoms with Gasteiger partial charge in [-0.15, -0.1) is 0 Å². The van der Waals surface area contributed by atoms with Crippen LogP contribution in [0.1, 0.15) is 34.6 Å². The number of pyridine rings is 1. The first-order valence-corrected chi connectivity index (χ1v) is 6.62. The van der Waals surface area contributed by atoms with Crippen LogP contribution in [0.2, 0.25) is 0 Å². The van der Waals surface area contributed by atoms with Gasteiger partial charge in [0.1, 0.15) is 13.6 Å². The maximum absolute atomic E-state index is 12.5. The predicted molar refractivity (Wildman–Crippen MR) is 78.6 cm³/mol. The molecule has 0 aliphatic carbocycles. The number of nitrogens with zero attached hydrogens (tertiary/aromatic N) is 1. The van der Waals surface area contributed by atoms with Crippen molar-refractivity contribution in [2.75, 3.05) is 0 Å². The molecule has 1 unspecified atom stereocenters. The van der Waals surface area contributed by atoms with E-state index in [1.807, 2.05) is 0 Å². The van der Waals surface area contributed by atoms with Crippen molar-refractivity contribution >= 4 is 19.3 Å². The van der Waals surface area contributed by atoms with Crippen LogP contribution in [0.15, 0.2) is 36.4 Å². The molecule has 1 aromatic heterocycles. The number of carbonyl (C=O) groups excluding carboxylic acids is 1. The zero-order valence-corrected chi connectivity index (χ0v) is 12.1. The fourth-order valence-corrected chi connectivity index (χ4v) is 1.94. The van der Waals surface area contributed by atoms with E-state index in [1.165, 1.54) is 24.3 Å². The van der Waals surface area contributed by atoms with Crippen molar-refractivity contribution in [1.29, 1.82) is 0 Å². The Balaban J connectivity index is 2.14. The number of aromatic nitrogens is 1. The number of hydrogen-bond donors (Lipinski definition) is 2. The van der Waals surface area contributed by atoms with Gasteiger partial charge < -0.3 is 10.4 Å². The van der Waals surface area contributed by atoms with E-state index in [0.717, 1.165) is 12.1 Å². The number of carbonyl (C=O) groups is 1. The highest BCUT2D eigenvalue weighted by atomic mass is 19.4. The molecule has 0 fully saturated rings.